The van der Waals surface area contributed by atoms with Gasteiger partial charge in [-0.15, -0.1) is 10.2 Å². The van der Waals surface area contributed by atoms with Gasteiger partial charge in [-0.1, -0.05) is 42.2 Å². The van der Waals surface area contributed by atoms with Crippen molar-refractivity contribution in [2.24, 2.45) is 0 Å². The van der Waals surface area contributed by atoms with Gasteiger partial charge in [0.05, 0.1) is 10.9 Å². The first-order chi connectivity index (χ1) is 16.1. The fourth-order valence-corrected chi connectivity index (χ4v) is 5.69. The van der Waals surface area contributed by atoms with Crippen LogP contribution in [0.1, 0.15) is 54.2 Å². The molecule has 1 saturated heterocycles. The van der Waals surface area contributed by atoms with Crippen LogP contribution in [0, 0.1) is 6.92 Å². The van der Waals surface area contributed by atoms with Gasteiger partial charge in [0.15, 0.2) is 5.43 Å². The Hall–Kier alpha value is -3.00. The second kappa shape index (κ2) is 9.47. The summed E-state index contributed by atoms with van der Waals surface area (Å²) in [7, 11) is 0. The highest BCUT2D eigenvalue weighted by atomic mass is 32.1. The average Bonchev–Trinajstić information content (AvgIpc) is 3.35. The van der Waals surface area contributed by atoms with Crippen molar-refractivity contribution >= 4 is 39.4 Å². The molecule has 33 heavy (non-hydrogen) atoms. The molecule has 5 rings (SSSR count). The van der Waals surface area contributed by atoms with Gasteiger partial charge in [0.1, 0.15) is 16.9 Å². The summed E-state index contributed by atoms with van der Waals surface area (Å²) in [6.45, 7) is 4.63. The number of fused-ring (bicyclic) bond motifs is 1. The second-order valence-electron chi connectivity index (χ2n) is 8.92. The highest BCUT2D eigenvalue weighted by Crippen LogP contribution is 2.36. The minimum absolute atomic E-state index is 0.0986. The number of nitrogens with zero attached hydrogens (tertiary/aromatic N) is 4. The quantitative estimate of drug-likeness (QED) is 0.534. The van der Waals surface area contributed by atoms with E-state index in [0.29, 0.717) is 35.5 Å². The highest BCUT2D eigenvalue weighted by molar-refractivity contribution is 7.15. The minimum atomic E-state index is -0.126. The molecule has 0 radical (unpaired) electrons. The SMILES string of the molecule is Cc1ccc2occ(/C=C/C(=O)N3CCN(c4nnc(C5CCCCC5)s4)CC3)c(=O)c2c1. The van der Waals surface area contributed by atoms with E-state index in [-0.39, 0.29) is 11.3 Å². The van der Waals surface area contributed by atoms with Gasteiger partial charge in [0, 0.05) is 38.2 Å². The lowest BCUT2D eigenvalue weighted by Gasteiger charge is -2.33. The van der Waals surface area contributed by atoms with Crippen LogP contribution < -0.4 is 10.3 Å². The van der Waals surface area contributed by atoms with E-state index < -0.39 is 0 Å². The van der Waals surface area contributed by atoms with E-state index in [4.69, 9.17) is 4.42 Å². The number of hydrogen-bond donors (Lipinski definition) is 0. The van der Waals surface area contributed by atoms with Crippen LogP contribution in [0.5, 0.6) is 0 Å². The van der Waals surface area contributed by atoms with Gasteiger partial charge in [0.2, 0.25) is 11.0 Å². The molecule has 1 amide bonds. The zero-order chi connectivity index (χ0) is 22.8. The lowest BCUT2D eigenvalue weighted by Crippen LogP contribution is -2.48. The summed E-state index contributed by atoms with van der Waals surface area (Å²) in [4.78, 5) is 29.5. The zero-order valence-corrected chi connectivity index (χ0v) is 19.6. The summed E-state index contributed by atoms with van der Waals surface area (Å²) in [6, 6.07) is 5.51. The van der Waals surface area contributed by atoms with Crippen molar-refractivity contribution in [2.75, 3.05) is 31.1 Å². The van der Waals surface area contributed by atoms with Gasteiger partial charge >= 0.3 is 0 Å². The van der Waals surface area contributed by atoms with E-state index in [9.17, 15) is 9.59 Å². The van der Waals surface area contributed by atoms with Crippen LogP contribution in [0.4, 0.5) is 5.13 Å². The maximum Gasteiger partial charge on any atom is 0.246 e. The Balaban J connectivity index is 1.20. The van der Waals surface area contributed by atoms with Crippen molar-refractivity contribution in [2.45, 2.75) is 44.9 Å². The van der Waals surface area contributed by atoms with Crippen LogP contribution in [-0.2, 0) is 4.79 Å². The third-order valence-electron chi connectivity index (χ3n) is 6.61. The Kier molecular flexibility index (Phi) is 6.26. The van der Waals surface area contributed by atoms with Crippen molar-refractivity contribution in [3.63, 3.8) is 0 Å². The number of carbonyl (C=O) groups excluding carboxylic acids is 1. The summed E-state index contributed by atoms with van der Waals surface area (Å²) in [5, 5.41) is 11.6. The van der Waals surface area contributed by atoms with E-state index in [2.05, 4.69) is 15.1 Å². The zero-order valence-electron chi connectivity index (χ0n) is 18.8. The predicted octanol–water partition coefficient (Wildman–Crippen LogP) is 4.36. The number of aromatic nitrogens is 2. The molecule has 3 heterocycles. The smallest absolute Gasteiger partial charge is 0.246 e. The van der Waals surface area contributed by atoms with Gasteiger partial charge in [-0.2, -0.15) is 0 Å². The van der Waals surface area contributed by atoms with Crippen LogP contribution in [0.25, 0.3) is 17.0 Å². The number of carbonyl (C=O) groups is 1. The summed E-state index contributed by atoms with van der Waals surface area (Å²) in [5.41, 5.74) is 1.79. The van der Waals surface area contributed by atoms with Crippen LogP contribution >= 0.6 is 11.3 Å². The predicted molar refractivity (Wildman–Crippen MR) is 131 cm³/mol. The molecule has 0 bridgehead atoms. The van der Waals surface area contributed by atoms with E-state index >= 15 is 0 Å². The average molecular weight is 465 g/mol. The standard InChI is InChI=1S/C25H28N4O3S/c1-17-7-9-21-20(15-17)23(31)19(16-32-21)8-10-22(30)28-11-13-29(14-12-28)25-27-26-24(33-25)18-5-3-2-4-6-18/h7-10,15-16,18H,2-6,11-14H2,1H3/b10-8+. The third-order valence-corrected chi connectivity index (χ3v) is 7.75. The molecule has 1 aliphatic carbocycles. The Morgan fingerprint density at radius 1 is 1.12 bits per heavy atom. The molecule has 1 aromatic carbocycles. The molecule has 2 aromatic heterocycles. The topological polar surface area (TPSA) is 79.5 Å². The molecule has 0 atom stereocenters. The molecule has 0 N–H and O–H groups in total. The minimum Gasteiger partial charge on any atom is -0.463 e. The van der Waals surface area contributed by atoms with Crippen LogP contribution in [0.15, 0.2) is 39.7 Å². The van der Waals surface area contributed by atoms with E-state index in [1.807, 2.05) is 24.0 Å². The molecule has 3 aromatic rings. The van der Waals surface area contributed by atoms with Gasteiger partial charge in [-0.05, 0) is 38.0 Å². The molecular weight excluding hydrogens is 436 g/mol. The summed E-state index contributed by atoms with van der Waals surface area (Å²) in [6.07, 6.45) is 10.8. The molecule has 2 aliphatic rings. The molecule has 0 unspecified atom stereocenters. The Bertz CT molecular complexity index is 1230. The normalized spacial score (nSPS) is 17.8. The summed E-state index contributed by atoms with van der Waals surface area (Å²) >= 11 is 1.71. The van der Waals surface area contributed by atoms with Crippen LogP contribution in [0.2, 0.25) is 0 Å². The number of anilines is 1. The molecule has 1 saturated carbocycles. The van der Waals surface area contributed by atoms with Crippen molar-refractivity contribution in [1.29, 1.82) is 0 Å². The summed E-state index contributed by atoms with van der Waals surface area (Å²) in [5.74, 6) is 0.466. The summed E-state index contributed by atoms with van der Waals surface area (Å²) < 4.78 is 5.57. The highest BCUT2D eigenvalue weighted by Gasteiger charge is 2.25. The van der Waals surface area contributed by atoms with Crippen molar-refractivity contribution in [1.82, 2.24) is 15.1 Å². The number of aryl methyl sites for hydroxylation is 1. The number of hydrogen-bond acceptors (Lipinski definition) is 7. The first-order valence-corrected chi connectivity index (χ1v) is 12.5. The maximum absolute atomic E-state index is 12.7. The fraction of sp³-hybridized carbons (Fsp3) is 0.440. The maximum atomic E-state index is 12.7. The Morgan fingerprint density at radius 3 is 2.70 bits per heavy atom. The molecule has 0 spiro atoms. The molecule has 172 valence electrons. The molecule has 8 heteroatoms. The number of rotatable bonds is 4. The van der Waals surface area contributed by atoms with Crippen molar-refractivity contribution in [3.05, 3.63) is 56.9 Å². The van der Waals surface area contributed by atoms with Gasteiger partial charge in [0.25, 0.3) is 0 Å². The number of benzene rings is 1. The van der Waals surface area contributed by atoms with Crippen molar-refractivity contribution in [3.8, 4) is 0 Å². The van der Waals surface area contributed by atoms with Crippen molar-refractivity contribution < 1.29 is 9.21 Å². The van der Waals surface area contributed by atoms with Gasteiger partial charge in [-0.25, -0.2) is 0 Å². The van der Waals surface area contributed by atoms with E-state index in [1.165, 1.54) is 44.4 Å². The van der Waals surface area contributed by atoms with E-state index in [1.54, 1.807) is 23.5 Å². The Labute approximate surface area is 196 Å². The first kappa shape index (κ1) is 21.8. The Morgan fingerprint density at radius 2 is 1.91 bits per heavy atom. The second-order valence-corrected chi connectivity index (χ2v) is 9.91. The monoisotopic (exact) mass is 464 g/mol. The largest absolute Gasteiger partial charge is 0.463 e. The lowest BCUT2D eigenvalue weighted by molar-refractivity contribution is -0.126. The van der Waals surface area contributed by atoms with E-state index in [0.717, 1.165) is 28.8 Å². The lowest BCUT2D eigenvalue weighted by atomic mass is 9.90. The molecular formula is C25H28N4O3S. The number of piperazine rings is 1. The third kappa shape index (κ3) is 4.71. The van der Waals surface area contributed by atoms with Crippen LogP contribution in [-0.4, -0.2) is 47.2 Å². The first-order valence-electron chi connectivity index (χ1n) is 11.7. The fourth-order valence-electron chi connectivity index (χ4n) is 4.63. The van der Waals surface area contributed by atoms with Crippen LogP contribution in [0.3, 0.4) is 0 Å². The van der Waals surface area contributed by atoms with Gasteiger partial charge in [-0.3, -0.25) is 9.59 Å². The number of amides is 1. The molecule has 7 nitrogen and oxygen atoms in total. The van der Waals surface area contributed by atoms with Gasteiger partial charge < -0.3 is 14.2 Å². The molecule has 2 fully saturated rings. The molecule has 1 aliphatic heterocycles.